The molecule has 0 fully saturated rings. The zero-order valence-corrected chi connectivity index (χ0v) is 7.94. The molecule has 0 unspecified atom stereocenters. The van der Waals surface area contributed by atoms with Gasteiger partial charge in [-0.3, -0.25) is 4.79 Å². The third-order valence-electron chi connectivity index (χ3n) is 2.30. The van der Waals surface area contributed by atoms with Gasteiger partial charge in [-0.1, -0.05) is 42.5 Å². The van der Waals surface area contributed by atoms with Crippen molar-refractivity contribution in [1.29, 1.82) is 0 Å². The zero-order chi connectivity index (χ0) is 10.6. The molecule has 0 aromatic heterocycles. The van der Waals surface area contributed by atoms with Crippen molar-refractivity contribution in [2.24, 2.45) is 5.73 Å². The van der Waals surface area contributed by atoms with Crippen LogP contribution >= 0.6 is 0 Å². The number of carbonyl (C=O) groups is 1. The van der Waals surface area contributed by atoms with Gasteiger partial charge in [-0.25, -0.2) is 0 Å². The molecule has 2 N–H and O–H groups in total. The molecule has 1 rings (SSSR count). The molecule has 0 radical (unpaired) electrons. The maximum Gasteiger partial charge on any atom is 0.235 e. The molecule has 0 saturated heterocycles. The largest absolute Gasteiger partial charge is 0.368 e. The van der Waals surface area contributed by atoms with Crippen molar-refractivity contribution in [3.05, 3.63) is 61.2 Å². The fraction of sp³-hybridized carbons (Fsp3) is 0.0833. The van der Waals surface area contributed by atoms with Crippen LogP contribution in [0.1, 0.15) is 5.56 Å². The Morgan fingerprint density at radius 2 is 1.71 bits per heavy atom. The number of carbonyl (C=O) groups excluding carboxylic acids is 1. The van der Waals surface area contributed by atoms with Crippen LogP contribution in [0, 0.1) is 0 Å². The highest BCUT2D eigenvalue weighted by Gasteiger charge is 2.31. The lowest BCUT2D eigenvalue weighted by Crippen LogP contribution is -2.37. The van der Waals surface area contributed by atoms with E-state index >= 15 is 0 Å². The van der Waals surface area contributed by atoms with E-state index in [9.17, 15) is 4.79 Å². The van der Waals surface area contributed by atoms with Crippen molar-refractivity contribution in [3.8, 4) is 0 Å². The molecule has 0 saturated carbocycles. The van der Waals surface area contributed by atoms with E-state index in [0.717, 1.165) is 5.56 Å². The number of hydrogen-bond donors (Lipinski definition) is 1. The minimum Gasteiger partial charge on any atom is -0.368 e. The first-order valence-corrected chi connectivity index (χ1v) is 4.30. The third-order valence-corrected chi connectivity index (χ3v) is 2.30. The number of rotatable bonds is 4. The highest BCUT2D eigenvalue weighted by molar-refractivity contribution is 5.91. The highest BCUT2D eigenvalue weighted by atomic mass is 16.1. The number of hydrogen-bond acceptors (Lipinski definition) is 1. The van der Waals surface area contributed by atoms with Crippen LogP contribution in [-0.4, -0.2) is 5.91 Å². The Balaban J connectivity index is 3.32. The van der Waals surface area contributed by atoms with Gasteiger partial charge >= 0.3 is 0 Å². The molecule has 0 aliphatic heterocycles. The Kier molecular flexibility index (Phi) is 2.87. The second-order valence-electron chi connectivity index (χ2n) is 3.01. The molecule has 0 spiro atoms. The van der Waals surface area contributed by atoms with Gasteiger partial charge in [0.2, 0.25) is 5.91 Å². The van der Waals surface area contributed by atoms with Crippen LogP contribution in [0.2, 0.25) is 0 Å². The van der Waals surface area contributed by atoms with E-state index < -0.39 is 11.3 Å². The molecule has 0 aliphatic rings. The lowest BCUT2D eigenvalue weighted by atomic mass is 9.80. The Bertz CT molecular complexity index is 346. The predicted molar refractivity (Wildman–Crippen MR) is 57.7 cm³/mol. The maximum absolute atomic E-state index is 11.4. The van der Waals surface area contributed by atoms with E-state index in [0.29, 0.717) is 0 Å². The van der Waals surface area contributed by atoms with Crippen LogP contribution in [0.5, 0.6) is 0 Å². The minimum absolute atomic E-state index is 0.464. The quantitative estimate of drug-likeness (QED) is 0.717. The van der Waals surface area contributed by atoms with Gasteiger partial charge < -0.3 is 5.73 Å². The van der Waals surface area contributed by atoms with Crippen molar-refractivity contribution < 1.29 is 4.79 Å². The highest BCUT2D eigenvalue weighted by Crippen LogP contribution is 2.26. The lowest BCUT2D eigenvalue weighted by molar-refractivity contribution is -0.120. The van der Waals surface area contributed by atoms with Crippen LogP contribution in [0.15, 0.2) is 55.6 Å². The van der Waals surface area contributed by atoms with E-state index in [2.05, 4.69) is 13.2 Å². The molecule has 14 heavy (non-hydrogen) atoms. The summed E-state index contributed by atoms with van der Waals surface area (Å²) in [5.41, 5.74) is 5.18. The van der Waals surface area contributed by atoms with Crippen molar-refractivity contribution in [2.45, 2.75) is 5.41 Å². The Hall–Kier alpha value is -1.83. The standard InChI is InChI=1S/C12H13NO/c1-3-12(4-2,11(13)14)10-8-6-5-7-9-10/h3-9H,1-2H2,(H2,13,14). The summed E-state index contributed by atoms with van der Waals surface area (Å²) in [5.74, 6) is -0.464. The van der Waals surface area contributed by atoms with E-state index in [4.69, 9.17) is 5.73 Å². The van der Waals surface area contributed by atoms with Gasteiger partial charge in [-0.05, 0) is 5.56 Å². The first-order chi connectivity index (χ1) is 6.67. The lowest BCUT2D eigenvalue weighted by Gasteiger charge is -2.23. The van der Waals surface area contributed by atoms with Gasteiger partial charge in [0.05, 0.1) is 0 Å². The average molecular weight is 187 g/mol. The van der Waals surface area contributed by atoms with E-state index in [-0.39, 0.29) is 0 Å². The normalized spacial score (nSPS) is 10.6. The summed E-state index contributed by atoms with van der Waals surface area (Å²) in [6, 6.07) is 9.23. The molecule has 2 heteroatoms. The van der Waals surface area contributed by atoms with Crippen molar-refractivity contribution in [1.82, 2.24) is 0 Å². The molecular weight excluding hydrogens is 174 g/mol. The summed E-state index contributed by atoms with van der Waals surface area (Å²) in [5, 5.41) is 0. The average Bonchev–Trinajstić information content (AvgIpc) is 2.22. The second kappa shape index (κ2) is 3.92. The molecule has 0 bridgehead atoms. The van der Waals surface area contributed by atoms with Gasteiger partial charge in [0.1, 0.15) is 5.41 Å². The molecule has 72 valence electrons. The Morgan fingerprint density at radius 1 is 1.21 bits per heavy atom. The smallest absolute Gasteiger partial charge is 0.235 e. The van der Waals surface area contributed by atoms with Crippen LogP contribution < -0.4 is 5.73 Å². The number of nitrogens with two attached hydrogens (primary N) is 1. The van der Waals surface area contributed by atoms with E-state index in [1.54, 1.807) is 0 Å². The zero-order valence-electron chi connectivity index (χ0n) is 7.94. The maximum atomic E-state index is 11.4. The Morgan fingerprint density at radius 3 is 2.07 bits per heavy atom. The van der Waals surface area contributed by atoms with Crippen molar-refractivity contribution in [3.63, 3.8) is 0 Å². The number of benzene rings is 1. The van der Waals surface area contributed by atoms with Gasteiger partial charge in [-0.15, -0.1) is 13.2 Å². The van der Waals surface area contributed by atoms with Gasteiger partial charge in [-0.2, -0.15) is 0 Å². The summed E-state index contributed by atoms with van der Waals surface area (Å²) in [7, 11) is 0. The SMILES string of the molecule is C=CC(C=C)(C(N)=O)c1ccccc1. The summed E-state index contributed by atoms with van der Waals surface area (Å²) >= 11 is 0. The van der Waals surface area contributed by atoms with E-state index in [1.165, 1.54) is 12.2 Å². The van der Waals surface area contributed by atoms with E-state index in [1.807, 2.05) is 30.3 Å². The molecule has 0 aliphatic carbocycles. The van der Waals surface area contributed by atoms with Crippen molar-refractivity contribution in [2.75, 3.05) is 0 Å². The molecule has 1 aromatic carbocycles. The number of primary amides is 1. The molecule has 0 atom stereocenters. The van der Waals surface area contributed by atoms with Crippen LogP contribution in [0.25, 0.3) is 0 Å². The van der Waals surface area contributed by atoms with Crippen molar-refractivity contribution >= 4 is 5.91 Å². The van der Waals surface area contributed by atoms with Gasteiger partial charge in [0.15, 0.2) is 0 Å². The first kappa shape index (κ1) is 10.3. The minimum atomic E-state index is -0.957. The molecule has 1 amide bonds. The van der Waals surface area contributed by atoms with Crippen LogP contribution in [-0.2, 0) is 10.2 Å². The molecule has 1 aromatic rings. The van der Waals surface area contributed by atoms with Crippen LogP contribution in [0.4, 0.5) is 0 Å². The van der Waals surface area contributed by atoms with Gasteiger partial charge in [0.25, 0.3) is 0 Å². The molecule has 2 nitrogen and oxygen atoms in total. The summed E-state index contributed by atoms with van der Waals surface area (Å²) in [4.78, 5) is 11.4. The fourth-order valence-corrected chi connectivity index (χ4v) is 1.38. The summed E-state index contributed by atoms with van der Waals surface area (Å²) < 4.78 is 0. The monoisotopic (exact) mass is 187 g/mol. The topological polar surface area (TPSA) is 43.1 Å². The predicted octanol–water partition coefficient (Wildman–Crippen LogP) is 1.78. The fourth-order valence-electron chi connectivity index (χ4n) is 1.38. The third kappa shape index (κ3) is 1.46. The number of amides is 1. The van der Waals surface area contributed by atoms with Gasteiger partial charge in [0, 0.05) is 0 Å². The molecular formula is C12H13NO. The Labute approximate surface area is 83.7 Å². The second-order valence-corrected chi connectivity index (χ2v) is 3.01. The summed E-state index contributed by atoms with van der Waals surface area (Å²) in [6.07, 6.45) is 3.02. The first-order valence-electron chi connectivity index (χ1n) is 4.30. The van der Waals surface area contributed by atoms with Crippen LogP contribution in [0.3, 0.4) is 0 Å². The molecule has 0 heterocycles. The summed E-state index contributed by atoms with van der Waals surface area (Å²) in [6.45, 7) is 7.26.